The Morgan fingerprint density at radius 2 is 1.88 bits per heavy atom. The summed E-state index contributed by atoms with van der Waals surface area (Å²) in [5.41, 5.74) is 12.7. The number of nitrogens with two attached hydrogens (primary N) is 1. The number of aryl methyl sites for hydroxylation is 1. The van der Waals surface area contributed by atoms with E-state index in [4.69, 9.17) is 34.2 Å². The maximum Gasteiger partial charge on any atom is 0.231 e. The van der Waals surface area contributed by atoms with Gasteiger partial charge in [-0.05, 0) is 44.9 Å². The molecule has 0 amide bonds. The van der Waals surface area contributed by atoms with Crippen molar-refractivity contribution in [2.24, 2.45) is 5.73 Å². The molecular formula is C31H38N4O6. The molecule has 10 heteroatoms. The zero-order valence-electron chi connectivity index (χ0n) is 24.4. The Morgan fingerprint density at radius 3 is 2.56 bits per heavy atom. The zero-order chi connectivity index (χ0) is 29.0. The van der Waals surface area contributed by atoms with Crippen molar-refractivity contribution in [1.82, 2.24) is 9.80 Å². The summed E-state index contributed by atoms with van der Waals surface area (Å²) in [6.07, 6.45) is 3.05. The lowest BCUT2D eigenvalue weighted by molar-refractivity contribution is -0.0719. The standard InChI is InChI=1S/C31H38N4O6/c1-7-8-38-28-17(3)29-31(41-15-40-29)25-19(28)11-21-26-24-18(9-16(2)27(37-6)30(24)39-14-36-5)10-20(34(26)4)22(12-32)35(21)23(25)13-33/h7,9,20-23,26H,1,8,10-11,13-15,33H2,2-6H3/t20-,21?,22-,23-,26?/m0/s1. The van der Waals surface area contributed by atoms with Crippen molar-refractivity contribution in [2.45, 2.75) is 56.9 Å². The minimum absolute atomic E-state index is 0.0421. The average Bonchev–Trinajstić information content (AvgIpc) is 3.46. The maximum absolute atomic E-state index is 10.7. The quantitative estimate of drug-likeness (QED) is 0.380. The van der Waals surface area contributed by atoms with E-state index in [9.17, 15) is 5.26 Å². The number of rotatable bonds is 8. The third-order valence-electron chi connectivity index (χ3n) is 9.14. The van der Waals surface area contributed by atoms with Crippen LogP contribution in [-0.4, -0.2) is 75.9 Å². The zero-order valence-corrected chi connectivity index (χ0v) is 24.4. The van der Waals surface area contributed by atoms with Crippen LogP contribution in [0.25, 0.3) is 0 Å². The minimum atomic E-state index is -0.390. The van der Waals surface area contributed by atoms with Crippen LogP contribution in [0.5, 0.6) is 28.7 Å². The first-order valence-electron chi connectivity index (χ1n) is 14.0. The van der Waals surface area contributed by atoms with E-state index in [1.165, 1.54) is 5.56 Å². The first kappa shape index (κ1) is 27.7. The summed E-state index contributed by atoms with van der Waals surface area (Å²) in [5, 5.41) is 10.7. The van der Waals surface area contributed by atoms with Gasteiger partial charge in [0.25, 0.3) is 0 Å². The highest BCUT2D eigenvalue weighted by Crippen LogP contribution is 2.58. The van der Waals surface area contributed by atoms with E-state index in [1.54, 1.807) is 20.3 Å². The minimum Gasteiger partial charge on any atom is -0.493 e. The lowest BCUT2D eigenvalue weighted by atomic mass is 9.71. The van der Waals surface area contributed by atoms with Gasteiger partial charge in [-0.1, -0.05) is 18.7 Å². The number of nitriles is 1. The van der Waals surface area contributed by atoms with Crippen molar-refractivity contribution in [3.05, 3.63) is 52.1 Å². The molecule has 1 saturated heterocycles. The van der Waals surface area contributed by atoms with Gasteiger partial charge in [-0.25, -0.2) is 0 Å². The van der Waals surface area contributed by atoms with Crippen LogP contribution >= 0.6 is 0 Å². The molecule has 4 aliphatic heterocycles. The smallest absolute Gasteiger partial charge is 0.231 e. The van der Waals surface area contributed by atoms with Gasteiger partial charge in [-0.2, -0.15) is 5.26 Å². The van der Waals surface area contributed by atoms with Crippen molar-refractivity contribution >= 4 is 0 Å². The summed E-state index contributed by atoms with van der Waals surface area (Å²) in [6.45, 7) is 8.77. The molecule has 2 aromatic carbocycles. The van der Waals surface area contributed by atoms with E-state index >= 15 is 0 Å². The molecule has 4 heterocycles. The van der Waals surface area contributed by atoms with Gasteiger partial charge in [0.2, 0.25) is 6.79 Å². The Kier molecular flexibility index (Phi) is 7.24. The predicted octanol–water partition coefficient (Wildman–Crippen LogP) is 3.32. The normalized spacial score (nSPS) is 25.9. The van der Waals surface area contributed by atoms with Crippen molar-refractivity contribution in [2.75, 3.05) is 48.0 Å². The number of likely N-dealkylation sites (N-methyl/N-ethyl adjacent to an activating group) is 1. The molecule has 218 valence electrons. The van der Waals surface area contributed by atoms with E-state index in [-0.39, 0.29) is 37.8 Å². The predicted molar refractivity (Wildman–Crippen MR) is 152 cm³/mol. The van der Waals surface area contributed by atoms with Crippen LogP contribution in [-0.2, 0) is 17.6 Å². The summed E-state index contributed by atoms with van der Waals surface area (Å²) < 4.78 is 35.8. The molecule has 5 atom stereocenters. The van der Waals surface area contributed by atoms with E-state index < -0.39 is 6.04 Å². The van der Waals surface area contributed by atoms with E-state index in [0.717, 1.165) is 33.6 Å². The summed E-state index contributed by atoms with van der Waals surface area (Å²) >= 11 is 0. The van der Waals surface area contributed by atoms with Gasteiger partial charge in [0, 0.05) is 48.0 Å². The Morgan fingerprint density at radius 1 is 1.10 bits per heavy atom. The highest BCUT2D eigenvalue weighted by atomic mass is 16.7. The first-order chi connectivity index (χ1) is 19.9. The second-order valence-corrected chi connectivity index (χ2v) is 11.1. The molecule has 2 N–H and O–H groups in total. The lowest BCUT2D eigenvalue weighted by Gasteiger charge is -2.60. The van der Waals surface area contributed by atoms with E-state index in [1.807, 2.05) is 13.8 Å². The van der Waals surface area contributed by atoms with Crippen LogP contribution in [0.2, 0.25) is 0 Å². The number of hydrogen-bond acceptors (Lipinski definition) is 10. The molecule has 2 unspecified atom stereocenters. The van der Waals surface area contributed by atoms with Crippen molar-refractivity contribution in [3.63, 3.8) is 0 Å². The number of fused-ring (bicyclic) bond motifs is 9. The van der Waals surface area contributed by atoms with Crippen LogP contribution in [0, 0.1) is 25.2 Å². The molecule has 0 aliphatic carbocycles. The van der Waals surface area contributed by atoms with Crippen LogP contribution < -0.4 is 29.4 Å². The molecule has 6 rings (SSSR count). The van der Waals surface area contributed by atoms with Gasteiger partial charge in [0.1, 0.15) is 18.4 Å². The van der Waals surface area contributed by atoms with Crippen LogP contribution in [0.1, 0.15) is 45.5 Å². The third kappa shape index (κ3) is 3.98. The third-order valence-corrected chi connectivity index (χ3v) is 9.14. The molecule has 0 saturated carbocycles. The largest absolute Gasteiger partial charge is 0.493 e. The Bertz CT molecular complexity index is 1420. The first-order valence-corrected chi connectivity index (χ1v) is 14.0. The number of hydrogen-bond donors (Lipinski definition) is 1. The van der Waals surface area contributed by atoms with Gasteiger partial charge in [0.05, 0.1) is 25.3 Å². The molecule has 0 spiro atoms. The molecule has 4 aliphatic rings. The fourth-order valence-corrected chi connectivity index (χ4v) is 7.64. The molecular weight excluding hydrogens is 524 g/mol. The Hall–Kier alpha value is -3.49. The Labute approximate surface area is 241 Å². The second kappa shape index (κ2) is 10.7. The van der Waals surface area contributed by atoms with Crippen molar-refractivity contribution < 1.29 is 28.4 Å². The number of benzene rings is 2. The van der Waals surface area contributed by atoms with Crippen LogP contribution in [0.3, 0.4) is 0 Å². The lowest BCUT2D eigenvalue weighted by Crippen LogP contribution is -2.68. The van der Waals surface area contributed by atoms with Gasteiger partial charge in [-0.15, -0.1) is 0 Å². The maximum atomic E-state index is 10.7. The SMILES string of the molecule is C=CCOc1c(C)c2c(c3c1CC1C4c5c(cc(C)c(OC)c5OCOC)C[C@@H]([C@H](C#N)N1[C@H]3CN)N4C)OCO2. The van der Waals surface area contributed by atoms with Crippen LogP contribution in [0.4, 0.5) is 0 Å². The fraction of sp³-hybridized carbons (Fsp3) is 0.516. The van der Waals surface area contributed by atoms with E-state index in [0.29, 0.717) is 49.0 Å². The molecule has 1 fully saturated rings. The monoisotopic (exact) mass is 562 g/mol. The van der Waals surface area contributed by atoms with Crippen LogP contribution in [0.15, 0.2) is 18.7 Å². The fourth-order valence-electron chi connectivity index (χ4n) is 7.64. The second-order valence-electron chi connectivity index (χ2n) is 11.1. The summed E-state index contributed by atoms with van der Waals surface area (Å²) in [7, 11) is 5.38. The van der Waals surface area contributed by atoms with E-state index in [2.05, 4.69) is 35.6 Å². The molecule has 2 aromatic rings. The number of ether oxygens (including phenoxy) is 6. The Balaban J connectivity index is 1.60. The van der Waals surface area contributed by atoms with Crippen molar-refractivity contribution in [3.8, 4) is 34.8 Å². The summed E-state index contributed by atoms with van der Waals surface area (Å²) in [5.74, 6) is 3.55. The number of methoxy groups -OCH3 is 2. The van der Waals surface area contributed by atoms with Gasteiger partial charge in [-0.3, -0.25) is 9.80 Å². The summed E-state index contributed by atoms with van der Waals surface area (Å²) in [4.78, 5) is 4.66. The highest BCUT2D eigenvalue weighted by molar-refractivity contribution is 5.66. The molecule has 0 aromatic heterocycles. The molecule has 41 heavy (non-hydrogen) atoms. The van der Waals surface area contributed by atoms with Crippen molar-refractivity contribution in [1.29, 1.82) is 5.26 Å². The molecule has 10 nitrogen and oxygen atoms in total. The molecule has 0 radical (unpaired) electrons. The summed E-state index contributed by atoms with van der Waals surface area (Å²) in [6, 6.07) is 3.94. The number of nitrogens with zero attached hydrogens (tertiary/aromatic N) is 3. The molecule has 2 bridgehead atoms. The average molecular weight is 563 g/mol. The van der Waals surface area contributed by atoms with Gasteiger partial charge < -0.3 is 34.2 Å². The highest BCUT2D eigenvalue weighted by Gasteiger charge is 2.56. The van der Waals surface area contributed by atoms with Gasteiger partial charge in [0.15, 0.2) is 29.8 Å². The topological polar surface area (TPSA) is 112 Å². The number of piperazine rings is 1. The van der Waals surface area contributed by atoms with Gasteiger partial charge >= 0.3 is 0 Å².